The summed E-state index contributed by atoms with van der Waals surface area (Å²) in [5, 5.41) is 6.94. The third-order valence-corrected chi connectivity index (χ3v) is 4.55. The van der Waals surface area contributed by atoms with E-state index in [1.54, 1.807) is 19.3 Å². The second-order valence-corrected chi connectivity index (χ2v) is 6.54. The number of carbonyl (C=O) groups is 3. The van der Waals surface area contributed by atoms with Crippen molar-refractivity contribution in [2.45, 2.75) is 33.7 Å². The van der Waals surface area contributed by atoms with Gasteiger partial charge in [-0.1, -0.05) is 6.92 Å². The van der Waals surface area contributed by atoms with Crippen molar-refractivity contribution >= 4 is 34.1 Å². The summed E-state index contributed by atoms with van der Waals surface area (Å²) in [5.41, 5.74) is 6.85. The topological polar surface area (TPSA) is 116 Å². The number of hydrogen-bond acceptors (Lipinski definition) is 6. The van der Waals surface area contributed by atoms with Gasteiger partial charge in [-0.05, 0) is 31.4 Å². The van der Waals surface area contributed by atoms with Crippen molar-refractivity contribution in [2.75, 3.05) is 11.9 Å². The average molecular weight is 364 g/mol. The molecule has 0 saturated carbocycles. The minimum Gasteiger partial charge on any atom is -0.462 e. The maximum atomic E-state index is 12.3. The van der Waals surface area contributed by atoms with Gasteiger partial charge in [0.2, 0.25) is 5.91 Å². The number of carbonyl (C=O) groups excluding carboxylic acids is 3. The van der Waals surface area contributed by atoms with E-state index >= 15 is 0 Å². The lowest BCUT2D eigenvalue weighted by Crippen LogP contribution is -2.20. The summed E-state index contributed by atoms with van der Waals surface area (Å²) in [5.74, 6) is -1.62. The predicted octanol–water partition coefficient (Wildman–Crippen LogP) is 1.87. The number of rotatable bonds is 7. The van der Waals surface area contributed by atoms with E-state index in [0.29, 0.717) is 12.0 Å². The lowest BCUT2D eigenvalue weighted by Gasteiger charge is -2.07. The van der Waals surface area contributed by atoms with E-state index < -0.39 is 11.9 Å². The summed E-state index contributed by atoms with van der Waals surface area (Å²) in [4.78, 5) is 36.3. The van der Waals surface area contributed by atoms with Crippen LogP contribution in [0.2, 0.25) is 0 Å². The number of aryl methyl sites for hydroxylation is 1. The van der Waals surface area contributed by atoms with Gasteiger partial charge in [-0.15, -0.1) is 11.3 Å². The molecule has 3 N–H and O–H groups in total. The number of esters is 1. The van der Waals surface area contributed by atoms with Gasteiger partial charge in [-0.3, -0.25) is 14.3 Å². The molecule has 2 aromatic rings. The SMILES string of the molecule is CCCOC(=O)c1c(NC(=O)Cn2cc(C)cn2)sc(C(N)=O)c1C. The summed E-state index contributed by atoms with van der Waals surface area (Å²) in [6, 6.07) is 0. The maximum Gasteiger partial charge on any atom is 0.341 e. The monoisotopic (exact) mass is 364 g/mol. The Hall–Kier alpha value is -2.68. The van der Waals surface area contributed by atoms with E-state index in [2.05, 4.69) is 10.4 Å². The zero-order chi connectivity index (χ0) is 18.6. The van der Waals surface area contributed by atoms with Gasteiger partial charge in [0.15, 0.2) is 0 Å². The van der Waals surface area contributed by atoms with E-state index in [-0.39, 0.29) is 34.5 Å². The molecule has 134 valence electrons. The first-order valence-electron chi connectivity index (χ1n) is 7.72. The van der Waals surface area contributed by atoms with Crippen molar-refractivity contribution in [3.63, 3.8) is 0 Å². The van der Waals surface area contributed by atoms with E-state index in [4.69, 9.17) is 10.5 Å². The highest BCUT2D eigenvalue weighted by molar-refractivity contribution is 7.18. The third kappa shape index (κ3) is 4.44. The summed E-state index contributed by atoms with van der Waals surface area (Å²) >= 11 is 0.963. The Kier molecular flexibility index (Phi) is 5.92. The molecule has 2 amide bonds. The second-order valence-electron chi connectivity index (χ2n) is 5.52. The standard InChI is InChI=1S/C16H20N4O4S/c1-4-5-24-16(23)12-10(3)13(14(17)22)25-15(12)19-11(21)8-20-7-9(2)6-18-20/h6-7H,4-5,8H2,1-3H3,(H2,17,22)(H,19,21). The lowest BCUT2D eigenvalue weighted by atomic mass is 10.1. The number of aromatic nitrogens is 2. The maximum absolute atomic E-state index is 12.3. The Balaban J connectivity index is 2.25. The zero-order valence-corrected chi connectivity index (χ0v) is 15.1. The summed E-state index contributed by atoms with van der Waals surface area (Å²) < 4.78 is 6.62. The van der Waals surface area contributed by atoms with Crippen LogP contribution < -0.4 is 11.1 Å². The Morgan fingerprint density at radius 2 is 2.08 bits per heavy atom. The van der Waals surface area contributed by atoms with Gasteiger partial charge in [0.25, 0.3) is 5.91 Å². The molecule has 0 atom stereocenters. The normalized spacial score (nSPS) is 10.5. The number of nitrogens with two attached hydrogens (primary N) is 1. The van der Waals surface area contributed by atoms with Crippen molar-refractivity contribution in [3.05, 3.63) is 34.0 Å². The first-order valence-corrected chi connectivity index (χ1v) is 8.54. The van der Waals surface area contributed by atoms with Gasteiger partial charge >= 0.3 is 5.97 Å². The molecule has 2 aromatic heterocycles. The molecule has 0 unspecified atom stereocenters. The molecule has 0 bridgehead atoms. The molecule has 0 aliphatic rings. The molecule has 0 saturated heterocycles. The van der Waals surface area contributed by atoms with E-state index in [1.165, 1.54) is 4.68 Å². The molecule has 2 heterocycles. The lowest BCUT2D eigenvalue weighted by molar-refractivity contribution is -0.116. The van der Waals surface area contributed by atoms with Gasteiger partial charge in [-0.25, -0.2) is 4.79 Å². The van der Waals surface area contributed by atoms with Gasteiger partial charge in [0, 0.05) is 6.20 Å². The van der Waals surface area contributed by atoms with Crippen LogP contribution in [0.5, 0.6) is 0 Å². The predicted molar refractivity (Wildman–Crippen MR) is 93.7 cm³/mol. The summed E-state index contributed by atoms with van der Waals surface area (Å²) in [6.07, 6.45) is 4.03. The molecule has 9 heteroatoms. The number of anilines is 1. The van der Waals surface area contributed by atoms with Crippen LogP contribution in [-0.4, -0.2) is 34.2 Å². The zero-order valence-electron chi connectivity index (χ0n) is 14.3. The summed E-state index contributed by atoms with van der Waals surface area (Å²) in [6.45, 7) is 5.58. The van der Waals surface area contributed by atoms with Gasteiger partial charge < -0.3 is 15.8 Å². The number of nitrogens with one attached hydrogen (secondary N) is 1. The highest BCUT2D eigenvalue weighted by Gasteiger charge is 2.25. The average Bonchev–Trinajstić information content (AvgIpc) is 3.08. The largest absolute Gasteiger partial charge is 0.462 e. The van der Waals surface area contributed by atoms with Crippen molar-refractivity contribution in [2.24, 2.45) is 5.73 Å². The molecule has 0 radical (unpaired) electrons. The highest BCUT2D eigenvalue weighted by Crippen LogP contribution is 2.33. The molecule has 0 aromatic carbocycles. The molecule has 2 rings (SSSR count). The third-order valence-electron chi connectivity index (χ3n) is 3.33. The van der Waals surface area contributed by atoms with Crippen LogP contribution >= 0.6 is 11.3 Å². The van der Waals surface area contributed by atoms with Crippen LogP contribution in [0.3, 0.4) is 0 Å². The number of thiophene rings is 1. The smallest absolute Gasteiger partial charge is 0.341 e. The van der Waals surface area contributed by atoms with Crippen molar-refractivity contribution in [3.8, 4) is 0 Å². The minimum absolute atomic E-state index is 0.0137. The van der Waals surface area contributed by atoms with Crippen molar-refractivity contribution in [1.82, 2.24) is 9.78 Å². The number of ether oxygens (including phenoxy) is 1. The quantitative estimate of drug-likeness (QED) is 0.728. The number of nitrogens with zero attached hydrogens (tertiary/aromatic N) is 2. The molecule has 25 heavy (non-hydrogen) atoms. The van der Waals surface area contributed by atoms with Gasteiger partial charge in [0.1, 0.15) is 11.5 Å². The van der Waals surface area contributed by atoms with Crippen LogP contribution in [0.15, 0.2) is 12.4 Å². The first-order chi connectivity index (χ1) is 11.8. The molecule has 0 aliphatic heterocycles. The van der Waals surface area contributed by atoms with Crippen LogP contribution in [0.1, 0.15) is 44.5 Å². The fraction of sp³-hybridized carbons (Fsp3) is 0.375. The Morgan fingerprint density at radius 1 is 1.36 bits per heavy atom. The Morgan fingerprint density at radius 3 is 2.64 bits per heavy atom. The van der Waals surface area contributed by atoms with Crippen molar-refractivity contribution in [1.29, 1.82) is 0 Å². The van der Waals surface area contributed by atoms with Crippen LogP contribution in [0.4, 0.5) is 5.00 Å². The Labute approximate surface area is 149 Å². The van der Waals surface area contributed by atoms with Gasteiger partial charge in [0.05, 0.1) is 23.2 Å². The summed E-state index contributed by atoms with van der Waals surface area (Å²) in [7, 11) is 0. The molecule has 0 fully saturated rings. The van der Waals surface area contributed by atoms with Crippen molar-refractivity contribution < 1.29 is 19.1 Å². The van der Waals surface area contributed by atoms with E-state index in [0.717, 1.165) is 16.9 Å². The number of primary amides is 1. The molecule has 0 spiro atoms. The number of hydrogen-bond donors (Lipinski definition) is 2. The van der Waals surface area contributed by atoms with E-state index in [1.807, 2.05) is 13.8 Å². The van der Waals surface area contributed by atoms with Crippen LogP contribution in [-0.2, 0) is 16.1 Å². The second kappa shape index (κ2) is 7.93. The molecular weight excluding hydrogens is 344 g/mol. The molecule has 0 aliphatic carbocycles. The first kappa shape index (κ1) is 18.7. The van der Waals surface area contributed by atoms with E-state index in [9.17, 15) is 14.4 Å². The van der Waals surface area contributed by atoms with Crippen LogP contribution in [0, 0.1) is 13.8 Å². The Bertz CT molecular complexity index is 809. The fourth-order valence-electron chi connectivity index (χ4n) is 2.22. The molecule has 8 nitrogen and oxygen atoms in total. The minimum atomic E-state index is -0.657. The number of amides is 2. The van der Waals surface area contributed by atoms with Gasteiger partial charge in [-0.2, -0.15) is 5.10 Å². The van der Waals surface area contributed by atoms with Crippen LogP contribution in [0.25, 0.3) is 0 Å². The highest BCUT2D eigenvalue weighted by atomic mass is 32.1. The fourth-order valence-corrected chi connectivity index (χ4v) is 3.28. The molecular formula is C16H20N4O4S.